The molecule has 0 N–H and O–H groups in total. The molecule has 4 heteroatoms. The van der Waals surface area contributed by atoms with Crippen molar-refractivity contribution in [2.45, 2.75) is 26.3 Å². The fourth-order valence-electron chi connectivity index (χ4n) is 2.03. The van der Waals surface area contributed by atoms with E-state index in [1.54, 1.807) is 7.11 Å². The van der Waals surface area contributed by atoms with E-state index in [9.17, 15) is 0 Å². The Kier molecular flexibility index (Phi) is 4.02. The standard InChI is InChI=1S/C13H17ClN2O/c1-3-13-15-11-6-5-10(14)9-12(11)16(13)7-4-8-17-2/h5-6,9H,3-4,7-8H2,1-2H3. The molecule has 0 saturated heterocycles. The van der Waals surface area contributed by atoms with E-state index in [1.165, 1.54) is 0 Å². The lowest BCUT2D eigenvalue weighted by Crippen LogP contribution is -2.05. The summed E-state index contributed by atoms with van der Waals surface area (Å²) in [6, 6.07) is 5.84. The van der Waals surface area contributed by atoms with Crippen molar-refractivity contribution in [3.8, 4) is 0 Å². The molecule has 1 heterocycles. The van der Waals surface area contributed by atoms with Crippen LogP contribution >= 0.6 is 11.6 Å². The van der Waals surface area contributed by atoms with E-state index in [2.05, 4.69) is 16.5 Å². The van der Waals surface area contributed by atoms with Crippen molar-refractivity contribution in [3.63, 3.8) is 0 Å². The zero-order valence-electron chi connectivity index (χ0n) is 10.2. The maximum absolute atomic E-state index is 6.04. The largest absolute Gasteiger partial charge is 0.385 e. The van der Waals surface area contributed by atoms with E-state index >= 15 is 0 Å². The van der Waals surface area contributed by atoms with Crippen LogP contribution in [0.4, 0.5) is 0 Å². The molecule has 0 aliphatic rings. The Morgan fingerprint density at radius 3 is 2.94 bits per heavy atom. The number of imidazole rings is 1. The summed E-state index contributed by atoms with van der Waals surface area (Å²) >= 11 is 6.04. The van der Waals surface area contributed by atoms with Crippen molar-refractivity contribution in [3.05, 3.63) is 29.0 Å². The lowest BCUT2D eigenvalue weighted by Gasteiger charge is -2.07. The number of hydrogen-bond acceptors (Lipinski definition) is 2. The number of aryl methyl sites for hydroxylation is 2. The first-order chi connectivity index (χ1) is 8.26. The van der Waals surface area contributed by atoms with Crippen LogP contribution in [0.25, 0.3) is 11.0 Å². The maximum atomic E-state index is 6.04. The molecule has 0 atom stereocenters. The van der Waals surface area contributed by atoms with Crippen molar-refractivity contribution in [1.82, 2.24) is 9.55 Å². The van der Waals surface area contributed by atoms with Crippen LogP contribution in [0.3, 0.4) is 0 Å². The van der Waals surface area contributed by atoms with E-state index in [0.717, 1.165) is 47.9 Å². The van der Waals surface area contributed by atoms with Gasteiger partial charge < -0.3 is 9.30 Å². The van der Waals surface area contributed by atoms with Crippen LogP contribution < -0.4 is 0 Å². The molecular formula is C13H17ClN2O. The molecule has 0 fully saturated rings. The second-order valence-electron chi connectivity index (χ2n) is 4.01. The Labute approximate surface area is 106 Å². The molecule has 0 spiro atoms. The molecule has 0 amide bonds. The number of aromatic nitrogens is 2. The molecule has 0 saturated carbocycles. The lowest BCUT2D eigenvalue weighted by molar-refractivity contribution is 0.190. The topological polar surface area (TPSA) is 27.1 Å². The zero-order chi connectivity index (χ0) is 12.3. The highest BCUT2D eigenvalue weighted by molar-refractivity contribution is 6.31. The number of halogens is 1. The Morgan fingerprint density at radius 2 is 2.24 bits per heavy atom. The number of hydrogen-bond donors (Lipinski definition) is 0. The molecule has 2 rings (SSSR count). The van der Waals surface area contributed by atoms with Gasteiger partial charge in [-0.05, 0) is 24.6 Å². The first kappa shape index (κ1) is 12.4. The van der Waals surface area contributed by atoms with Crippen LogP contribution in [-0.4, -0.2) is 23.3 Å². The number of ether oxygens (including phenoxy) is 1. The SMILES string of the molecule is CCc1nc2ccc(Cl)cc2n1CCCOC. The summed E-state index contributed by atoms with van der Waals surface area (Å²) < 4.78 is 7.33. The molecule has 0 unspecified atom stereocenters. The van der Waals surface area contributed by atoms with E-state index in [1.807, 2.05) is 18.2 Å². The summed E-state index contributed by atoms with van der Waals surface area (Å²) in [4.78, 5) is 4.61. The third-order valence-electron chi connectivity index (χ3n) is 2.84. The fourth-order valence-corrected chi connectivity index (χ4v) is 2.20. The number of rotatable bonds is 5. The van der Waals surface area contributed by atoms with Gasteiger partial charge in [-0.25, -0.2) is 4.98 Å². The van der Waals surface area contributed by atoms with Gasteiger partial charge in [-0.15, -0.1) is 0 Å². The van der Waals surface area contributed by atoms with Crippen molar-refractivity contribution in [2.24, 2.45) is 0 Å². The molecule has 1 aromatic heterocycles. The quantitative estimate of drug-likeness (QED) is 0.764. The monoisotopic (exact) mass is 252 g/mol. The highest BCUT2D eigenvalue weighted by Gasteiger charge is 2.09. The van der Waals surface area contributed by atoms with Gasteiger partial charge in [-0.1, -0.05) is 18.5 Å². The number of nitrogens with zero attached hydrogens (tertiary/aromatic N) is 2. The van der Waals surface area contributed by atoms with Crippen LogP contribution in [0.5, 0.6) is 0 Å². The molecule has 92 valence electrons. The second kappa shape index (κ2) is 5.52. The van der Waals surface area contributed by atoms with Gasteiger partial charge in [0, 0.05) is 31.7 Å². The van der Waals surface area contributed by atoms with Crippen LogP contribution in [-0.2, 0) is 17.7 Å². The molecule has 0 aliphatic heterocycles. The summed E-state index contributed by atoms with van der Waals surface area (Å²) in [7, 11) is 1.73. The van der Waals surface area contributed by atoms with E-state index in [-0.39, 0.29) is 0 Å². The minimum Gasteiger partial charge on any atom is -0.385 e. The van der Waals surface area contributed by atoms with Gasteiger partial charge in [0.25, 0.3) is 0 Å². The fraction of sp³-hybridized carbons (Fsp3) is 0.462. The molecule has 0 aliphatic carbocycles. The van der Waals surface area contributed by atoms with Crippen LogP contribution in [0.2, 0.25) is 5.02 Å². The van der Waals surface area contributed by atoms with Crippen molar-refractivity contribution in [1.29, 1.82) is 0 Å². The van der Waals surface area contributed by atoms with E-state index < -0.39 is 0 Å². The normalized spacial score (nSPS) is 11.2. The van der Waals surface area contributed by atoms with Crippen LogP contribution in [0.15, 0.2) is 18.2 Å². The molecule has 3 nitrogen and oxygen atoms in total. The van der Waals surface area contributed by atoms with E-state index in [4.69, 9.17) is 16.3 Å². The molecule has 0 radical (unpaired) electrons. The summed E-state index contributed by atoms with van der Waals surface area (Å²) in [6.45, 7) is 3.81. The molecule has 1 aromatic carbocycles. The average Bonchev–Trinajstić information content (AvgIpc) is 2.67. The highest BCUT2D eigenvalue weighted by atomic mass is 35.5. The molecular weight excluding hydrogens is 236 g/mol. The Bertz CT molecular complexity index is 507. The first-order valence-electron chi connectivity index (χ1n) is 5.90. The molecule has 17 heavy (non-hydrogen) atoms. The maximum Gasteiger partial charge on any atom is 0.109 e. The third kappa shape index (κ3) is 2.61. The number of methoxy groups -OCH3 is 1. The van der Waals surface area contributed by atoms with Gasteiger partial charge in [0.15, 0.2) is 0 Å². The molecule has 0 bridgehead atoms. The predicted octanol–water partition coefficient (Wildman–Crippen LogP) is 3.29. The Hall–Kier alpha value is -1.06. The minimum atomic E-state index is 0.757. The van der Waals surface area contributed by atoms with Gasteiger partial charge in [0.1, 0.15) is 5.82 Å². The Balaban J connectivity index is 2.38. The first-order valence-corrected chi connectivity index (χ1v) is 6.27. The number of fused-ring (bicyclic) bond motifs is 1. The third-order valence-corrected chi connectivity index (χ3v) is 3.07. The summed E-state index contributed by atoms with van der Waals surface area (Å²) in [6.07, 6.45) is 1.92. The Morgan fingerprint density at radius 1 is 1.41 bits per heavy atom. The summed E-state index contributed by atoms with van der Waals surface area (Å²) in [5.41, 5.74) is 2.13. The van der Waals surface area contributed by atoms with Crippen molar-refractivity contribution >= 4 is 22.6 Å². The minimum absolute atomic E-state index is 0.757. The van der Waals surface area contributed by atoms with Gasteiger partial charge in [-0.2, -0.15) is 0 Å². The summed E-state index contributed by atoms with van der Waals surface area (Å²) in [5.74, 6) is 1.11. The lowest BCUT2D eigenvalue weighted by atomic mass is 10.3. The van der Waals surface area contributed by atoms with Crippen molar-refractivity contribution < 1.29 is 4.74 Å². The van der Waals surface area contributed by atoms with Gasteiger partial charge in [0.2, 0.25) is 0 Å². The van der Waals surface area contributed by atoms with E-state index in [0.29, 0.717) is 0 Å². The number of benzene rings is 1. The van der Waals surface area contributed by atoms with Gasteiger partial charge in [0.05, 0.1) is 11.0 Å². The summed E-state index contributed by atoms with van der Waals surface area (Å²) in [5, 5.41) is 0.757. The molecule has 2 aromatic rings. The van der Waals surface area contributed by atoms with Gasteiger partial charge >= 0.3 is 0 Å². The highest BCUT2D eigenvalue weighted by Crippen LogP contribution is 2.21. The predicted molar refractivity (Wildman–Crippen MR) is 70.6 cm³/mol. The van der Waals surface area contributed by atoms with Crippen LogP contribution in [0.1, 0.15) is 19.2 Å². The second-order valence-corrected chi connectivity index (χ2v) is 4.45. The smallest absolute Gasteiger partial charge is 0.109 e. The van der Waals surface area contributed by atoms with Crippen LogP contribution in [0, 0.1) is 0 Å². The zero-order valence-corrected chi connectivity index (χ0v) is 11.0. The van der Waals surface area contributed by atoms with Gasteiger partial charge in [-0.3, -0.25) is 0 Å². The van der Waals surface area contributed by atoms with Crippen molar-refractivity contribution in [2.75, 3.05) is 13.7 Å². The average molecular weight is 253 g/mol.